The number of aromatic nitrogens is 4. The van der Waals surface area contributed by atoms with Crippen LogP contribution in [0.15, 0.2) is 0 Å². The van der Waals surface area contributed by atoms with Gasteiger partial charge in [0.15, 0.2) is 0 Å². The summed E-state index contributed by atoms with van der Waals surface area (Å²) in [5.74, 6) is 1.38. The third kappa shape index (κ3) is 1.23. The van der Waals surface area contributed by atoms with Crippen molar-refractivity contribution >= 4 is 21.5 Å². The van der Waals surface area contributed by atoms with E-state index < -0.39 is 0 Å². The van der Waals surface area contributed by atoms with Crippen LogP contribution in [-0.2, 0) is 25.7 Å². The van der Waals surface area contributed by atoms with Crippen molar-refractivity contribution < 1.29 is 0 Å². The number of benzene rings is 1. The van der Waals surface area contributed by atoms with Crippen molar-refractivity contribution in [3.05, 3.63) is 33.9 Å². The molecule has 0 unspecified atom stereocenters. The zero-order valence-electron chi connectivity index (χ0n) is 13.6. The maximum Gasteiger partial charge on any atom is 0.0712 e. The largest absolute Gasteiger partial charge is 0.155 e. The maximum absolute atomic E-state index is 4.66. The van der Waals surface area contributed by atoms with Gasteiger partial charge in [0.25, 0.3) is 0 Å². The van der Waals surface area contributed by atoms with Crippen molar-refractivity contribution in [1.29, 1.82) is 0 Å². The van der Waals surface area contributed by atoms with Gasteiger partial charge >= 0.3 is 0 Å². The van der Waals surface area contributed by atoms with E-state index >= 15 is 0 Å². The third-order valence-electron chi connectivity index (χ3n) is 7.05. The van der Waals surface area contributed by atoms with Gasteiger partial charge in [-0.1, -0.05) is 0 Å². The van der Waals surface area contributed by atoms with Gasteiger partial charge in [0, 0.05) is 21.5 Å². The Kier molecular flexibility index (Phi) is 2.01. The summed E-state index contributed by atoms with van der Waals surface area (Å²) in [5, 5.41) is 24.5. The van der Waals surface area contributed by atoms with E-state index in [2.05, 4.69) is 20.4 Å². The lowest BCUT2D eigenvalue weighted by molar-refractivity contribution is 0.527. The molecular formula is C20H18N4. The molecule has 2 heterocycles. The molecular weight excluding hydrogens is 296 g/mol. The van der Waals surface area contributed by atoms with Gasteiger partial charge in [0.1, 0.15) is 0 Å². The molecule has 0 saturated carbocycles. The number of hydrogen-bond donors (Lipinski definition) is 0. The second-order valence-corrected chi connectivity index (χ2v) is 8.06. The van der Waals surface area contributed by atoms with Gasteiger partial charge in [0.05, 0.1) is 22.8 Å². The van der Waals surface area contributed by atoms with E-state index in [9.17, 15) is 0 Å². The standard InChI is InChI=1S/C20H18N4/c1-5-11-17-15-9(1)2-6-12-18(15)20-14(24-23-12)8-4-10-3-7-13(22-21-11)19(17)16(10)20/h9-10H,1-8H2. The van der Waals surface area contributed by atoms with Crippen molar-refractivity contribution in [2.45, 2.75) is 63.2 Å². The summed E-state index contributed by atoms with van der Waals surface area (Å²) in [4.78, 5) is 0. The van der Waals surface area contributed by atoms with Gasteiger partial charge in [-0.05, 0) is 74.3 Å². The third-order valence-corrected chi connectivity index (χ3v) is 7.05. The van der Waals surface area contributed by atoms with Gasteiger partial charge in [-0.3, -0.25) is 0 Å². The Morgan fingerprint density at radius 3 is 1.04 bits per heavy atom. The zero-order chi connectivity index (χ0) is 15.4. The fourth-order valence-corrected chi connectivity index (χ4v) is 6.06. The first-order chi connectivity index (χ1) is 11.9. The molecule has 0 amide bonds. The molecule has 0 bridgehead atoms. The molecule has 4 heteroatoms. The Hall–Kier alpha value is -2.10. The smallest absolute Gasteiger partial charge is 0.0712 e. The Labute approximate surface area is 139 Å². The second kappa shape index (κ2) is 3.93. The molecule has 118 valence electrons. The van der Waals surface area contributed by atoms with Gasteiger partial charge in [-0.2, -0.15) is 20.4 Å². The molecule has 24 heavy (non-hydrogen) atoms. The van der Waals surface area contributed by atoms with Gasteiger partial charge in [-0.25, -0.2) is 0 Å². The highest BCUT2D eigenvalue weighted by Gasteiger charge is 2.38. The summed E-state index contributed by atoms with van der Waals surface area (Å²) in [6.45, 7) is 0. The predicted molar refractivity (Wildman–Crippen MR) is 91.4 cm³/mol. The molecule has 0 fully saturated rings. The minimum atomic E-state index is 0.690. The van der Waals surface area contributed by atoms with Crippen LogP contribution >= 0.6 is 0 Å². The fourth-order valence-electron chi connectivity index (χ4n) is 6.06. The van der Waals surface area contributed by atoms with E-state index in [0.717, 1.165) is 25.7 Å². The average Bonchev–Trinajstić information content (AvgIpc) is 2.65. The Balaban J connectivity index is 1.86. The minimum Gasteiger partial charge on any atom is -0.155 e. The quantitative estimate of drug-likeness (QED) is 0.596. The van der Waals surface area contributed by atoms with Crippen molar-refractivity contribution in [2.24, 2.45) is 0 Å². The molecule has 0 N–H and O–H groups in total. The predicted octanol–water partition coefficient (Wildman–Crippen LogP) is 3.53. The summed E-state index contributed by atoms with van der Waals surface area (Å²) in [6.07, 6.45) is 9.29. The summed E-state index contributed by atoms with van der Waals surface area (Å²) in [7, 11) is 0. The average molecular weight is 314 g/mol. The van der Waals surface area contributed by atoms with E-state index in [1.54, 1.807) is 11.1 Å². The fraction of sp³-hybridized carbons (Fsp3) is 0.500. The molecule has 2 aromatic heterocycles. The van der Waals surface area contributed by atoms with Crippen LogP contribution in [-0.4, -0.2) is 20.4 Å². The van der Waals surface area contributed by atoms with Gasteiger partial charge < -0.3 is 0 Å². The Morgan fingerprint density at radius 2 is 0.750 bits per heavy atom. The first-order valence-electron chi connectivity index (χ1n) is 9.42. The molecule has 4 aliphatic rings. The molecule has 4 nitrogen and oxygen atoms in total. The minimum absolute atomic E-state index is 0.690. The first-order valence-corrected chi connectivity index (χ1v) is 9.42. The van der Waals surface area contributed by atoms with Crippen molar-refractivity contribution in [3.63, 3.8) is 0 Å². The molecule has 4 aliphatic carbocycles. The highest BCUT2D eigenvalue weighted by atomic mass is 15.1. The number of hydrogen-bond acceptors (Lipinski definition) is 4. The molecule has 0 atom stereocenters. The molecule has 0 aliphatic heterocycles. The van der Waals surface area contributed by atoms with Crippen molar-refractivity contribution in [1.82, 2.24) is 20.4 Å². The monoisotopic (exact) mass is 314 g/mol. The SMILES string of the molecule is C1CC2CCc3nnc4c5c6c7c(nnc1c7c2c35)CCC6CC4. The van der Waals surface area contributed by atoms with Gasteiger partial charge in [-0.15, -0.1) is 0 Å². The van der Waals surface area contributed by atoms with E-state index in [1.165, 1.54) is 70.0 Å². The molecule has 3 aromatic rings. The van der Waals surface area contributed by atoms with Crippen LogP contribution in [0.5, 0.6) is 0 Å². The lowest BCUT2D eigenvalue weighted by Gasteiger charge is -2.37. The van der Waals surface area contributed by atoms with Crippen LogP contribution in [0.1, 0.15) is 71.4 Å². The summed E-state index contributed by atoms with van der Waals surface area (Å²) in [5.41, 5.74) is 8.12. The molecule has 1 aromatic carbocycles. The first kappa shape index (κ1) is 12.3. The second-order valence-electron chi connectivity index (χ2n) is 8.06. The Bertz CT molecular complexity index is 918. The summed E-state index contributed by atoms with van der Waals surface area (Å²) in [6, 6.07) is 0. The molecule has 7 rings (SSSR count). The van der Waals surface area contributed by atoms with Crippen LogP contribution in [0.4, 0.5) is 0 Å². The van der Waals surface area contributed by atoms with E-state index in [1.807, 2.05) is 0 Å². The molecule has 0 spiro atoms. The highest BCUT2D eigenvalue weighted by Crippen LogP contribution is 2.54. The number of rotatable bonds is 0. The van der Waals surface area contributed by atoms with Gasteiger partial charge in [0.2, 0.25) is 0 Å². The summed E-state index contributed by atoms with van der Waals surface area (Å²) >= 11 is 0. The highest BCUT2D eigenvalue weighted by molar-refractivity contribution is 6.11. The van der Waals surface area contributed by atoms with Crippen LogP contribution in [0.3, 0.4) is 0 Å². The topological polar surface area (TPSA) is 51.6 Å². The van der Waals surface area contributed by atoms with Crippen LogP contribution < -0.4 is 0 Å². The maximum atomic E-state index is 4.66. The van der Waals surface area contributed by atoms with Crippen LogP contribution in [0, 0.1) is 0 Å². The van der Waals surface area contributed by atoms with Crippen molar-refractivity contribution in [3.8, 4) is 0 Å². The number of nitrogens with zero attached hydrogens (tertiary/aromatic N) is 4. The van der Waals surface area contributed by atoms with E-state index in [4.69, 9.17) is 0 Å². The molecule has 0 saturated heterocycles. The van der Waals surface area contributed by atoms with Crippen LogP contribution in [0.25, 0.3) is 21.5 Å². The lowest BCUT2D eigenvalue weighted by atomic mass is 9.68. The Morgan fingerprint density at radius 1 is 0.458 bits per heavy atom. The zero-order valence-corrected chi connectivity index (χ0v) is 13.6. The number of aryl methyl sites for hydroxylation is 4. The summed E-state index contributed by atoms with van der Waals surface area (Å²) < 4.78 is 0. The van der Waals surface area contributed by atoms with E-state index in [-0.39, 0.29) is 0 Å². The lowest BCUT2D eigenvalue weighted by Crippen LogP contribution is -2.24. The van der Waals surface area contributed by atoms with Crippen LogP contribution in [0.2, 0.25) is 0 Å². The molecule has 0 radical (unpaired) electrons. The van der Waals surface area contributed by atoms with Crippen molar-refractivity contribution in [2.75, 3.05) is 0 Å². The van der Waals surface area contributed by atoms with E-state index in [0.29, 0.717) is 11.8 Å². The normalized spacial score (nSPS) is 21.3.